The average Bonchev–Trinajstić information content (AvgIpc) is 2.18. The number of nitrogens with two attached hydrogens (primary N) is 1. The van der Waals surface area contributed by atoms with E-state index in [9.17, 15) is 0 Å². The fraction of sp³-hybridized carbons (Fsp3) is 0.571. The van der Waals surface area contributed by atoms with Crippen molar-refractivity contribution >= 4 is 0 Å². The Morgan fingerprint density at radius 2 is 1.71 bits per heavy atom. The summed E-state index contributed by atoms with van der Waals surface area (Å²) in [7, 11) is 1.93. The molecule has 1 aromatic carbocycles. The van der Waals surface area contributed by atoms with Crippen molar-refractivity contribution in [1.29, 1.82) is 0 Å². The molecule has 0 aliphatic heterocycles. The number of rotatable bonds is 5. The lowest BCUT2D eigenvalue weighted by molar-refractivity contribution is 0.242. The maximum absolute atomic E-state index is 6.15. The molecule has 0 bridgehead atoms. The summed E-state index contributed by atoms with van der Waals surface area (Å²) in [4.78, 5) is 0. The molecule has 96 valence electrons. The van der Waals surface area contributed by atoms with Gasteiger partial charge in [0.1, 0.15) is 5.75 Å². The first-order valence-corrected chi connectivity index (χ1v) is 6.07. The second kappa shape index (κ2) is 5.52. The Kier molecular flexibility index (Phi) is 4.54. The number of benzene rings is 1. The monoisotopic (exact) mass is 236 g/mol. The van der Waals surface area contributed by atoms with Crippen LogP contribution in [0, 0.1) is 0 Å². The molecule has 0 fully saturated rings. The minimum atomic E-state index is -0.296. The molecule has 0 radical (unpaired) electrons. The SMILES string of the molecule is CNC(c1ccc(OC(C)C)cc1)C(C)(C)N. The van der Waals surface area contributed by atoms with Gasteiger partial charge in [0.15, 0.2) is 0 Å². The van der Waals surface area contributed by atoms with Crippen LogP contribution in [0.5, 0.6) is 5.75 Å². The van der Waals surface area contributed by atoms with Crippen LogP contribution >= 0.6 is 0 Å². The quantitative estimate of drug-likeness (QED) is 0.825. The molecule has 0 saturated heterocycles. The van der Waals surface area contributed by atoms with Crippen LogP contribution in [0.2, 0.25) is 0 Å². The van der Waals surface area contributed by atoms with Crippen molar-refractivity contribution in [3.8, 4) is 5.75 Å². The van der Waals surface area contributed by atoms with E-state index in [4.69, 9.17) is 10.5 Å². The standard InChI is InChI=1S/C14H24N2O/c1-10(2)17-12-8-6-11(7-9-12)13(16-5)14(3,4)15/h6-10,13,16H,15H2,1-5H3. The second-order valence-corrected chi connectivity index (χ2v) is 5.28. The average molecular weight is 236 g/mol. The van der Waals surface area contributed by atoms with Crippen molar-refractivity contribution in [1.82, 2.24) is 5.32 Å². The largest absolute Gasteiger partial charge is 0.491 e. The van der Waals surface area contributed by atoms with Crippen LogP contribution in [0.15, 0.2) is 24.3 Å². The predicted octanol–water partition coefficient (Wildman–Crippen LogP) is 2.47. The van der Waals surface area contributed by atoms with E-state index in [1.807, 2.05) is 46.9 Å². The lowest BCUT2D eigenvalue weighted by atomic mass is 9.90. The van der Waals surface area contributed by atoms with Gasteiger partial charge in [-0.25, -0.2) is 0 Å². The highest BCUT2D eigenvalue weighted by molar-refractivity contribution is 5.30. The molecule has 1 aromatic rings. The molecule has 0 amide bonds. The van der Waals surface area contributed by atoms with Crippen LogP contribution in [-0.2, 0) is 0 Å². The van der Waals surface area contributed by atoms with E-state index < -0.39 is 0 Å². The van der Waals surface area contributed by atoms with Crippen molar-refractivity contribution in [2.75, 3.05) is 7.05 Å². The van der Waals surface area contributed by atoms with E-state index in [-0.39, 0.29) is 17.7 Å². The van der Waals surface area contributed by atoms with Gasteiger partial charge in [0, 0.05) is 11.6 Å². The zero-order chi connectivity index (χ0) is 13.1. The van der Waals surface area contributed by atoms with Gasteiger partial charge in [-0.15, -0.1) is 0 Å². The zero-order valence-electron chi connectivity index (χ0n) is 11.4. The topological polar surface area (TPSA) is 47.3 Å². The maximum Gasteiger partial charge on any atom is 0.119 e. The van der Waals surface area contributed by atoms with Crippen LogP contribution in [0.3, 0.4) is 0 Å². The van der Waals surface area contributed by atoms with Crippen LogP contribution in [-0.4, -0.2) is 18.7 Å². The van der Waals surface area contributed by atoms with E-state index in [1.165, 1.54) is 5.56 Å². The summed E-state index contributed by atoms with van der Waals surface area (Å²) < 4.78 is 5.62. The van der Waals surface area contributed by atoms with E-state index in [0.29, 0.717) is 0 Å². The van der Waals surface area contributed by atoms with Gasteiger partial charge in [-0.1, -0.05) is 12.1 Å². The first kappa shape index (κ1) is 14.0. The molecular formula is C14H24N2O. The van der Waals surface area contributed by atoms with Crippen molar-refractivity contribution in [2.45, 2.75) is 45.4 Å². The van der Waals surface area contributed by atoms with Gasteiger partial charge < -0.3 is 15.8 Å². The summed E-state index contributed by atoms with van der Waals surface area (Å²) in [5.41, 5.74) is 7.03. The van der Waals surface area contributed by atoms with Crippen LogP contribution < -0.4 is 15.8 Å². The Hall–Kier alpha value is -1.06. The van der Waals surface area contributed by atoms with Gasteiger partial charge in [-0.05, 0) is 52.4 Å². The van der Waals surface area contributed by atoms with Gasteiger partial charge in [0.2, 0.25) is 0 Å². The first-order valence-electron chi connectivity index (χ1n) is 6.07. The van der Waals surface area contributed by atoms with Gasteiger partial charge in [-0.2, -0.15) is 0 Å². The third-order valence-electron chi connectivity index (χ3n) is 2.62. The number of nitrogens with one attached hydrogen (secondary N) is 1. The van der Waals surface area contributed by atoms with Crippen LogP contribution in [0.1, 0.15) is 39.3 Å². The molecular weight excluding hydrogens is 212 g/mol. The Bertz CT molecular complexity index is 338. The highest BCUT2D eigenvalue weighted by atomic mass is 16.5. The molecule has 1 rings (SSSR count). The molecule has 3 N–H and O–H groups in total. The molecule has 0 saturated carbocycles. The summed E-state index contributed by atoms with van der Waals surface area (Å²) in [6.45, 7) is 8.08. The Morgan fingerprint density at radius 3 is 2.06 bits per heavy atom. The van der Waals surface area contributed by atoms with E-state index in [2.05, 4.69) is 17.4 Å². The third-order valence-corrected chi connectivity index (χ3v) is 2.62. The fourth-order valence-electron chi connectivity index (χ4n) is 1.98. The molecule has 0 aromatic heterocycles. The molecule has 1 atom stereocenters. The highest BCUT2D eigenvalue weighted by Gasteiger charge is 2.24. The van der Waals surface area contributed by atoms with Gasteiger partial charge in [0.05, 0.1) is 6.10 Å². The van der Waals surface area contributed by atoms with E-state index in [0.717, 1.165) is 5.75 Å². The molecule has 3 nitrogen and oxygen atoms in total. The van der Waals surface area contributed by atoms with E-state index >= 15 is 0 Å². The van der Waals surface area contributed by atoms with Gasteiger partial charge in [0.25, 0.3) is 0 Å². The molecule has 0 heterocycles. The molecule has 1 unspecified atom stereocenters. The lowest BCUT2D eigenvalue weighted by Gasteiger charge is -2.30. The van der Waals surface area contributed by atoms with Crippen molar-refractivity contribution < 1.29 is 4.74 Å². The van der Waals surface area contributed by atoms with Crippen LogP contribution in [0.25, 0.3) is 0 Å². The first-order chi connectivity index (χ1) is 7.84. The minimum absolute atomic E-state index is 0.135. The summed E-state index contributed by atoms with van der Waals surface area (Å²) in [6.07, 6.45) is 0.201. The highest BCUT2D eigenvalue weighted by Crippen LogP contribution is 2.25. The number of likely N-dealkylation sites (N-methyl/N-ethyl adjacent to an activating group) is 1. The van der Waals surface area contributed by atoms with Crippen molar-refractivity contribution in [3.05, 3.63) is 29.8 Å². The van der Waals surface area contributed by atoms with Crippen LogP contribution in [0.4, 0.5) is 0 Å². The normalized spacial score (nSPS) is 13.8. The van der Waals surface area contributed by atoms with Crippen molar-refractivity contribution in [3.63, 3.8) is 0 Å². The van der Waals surface area contributed by atoms with Gasteiger partial charge >= 0.3 is 0 Å². The molecule has 17 heavy (non-hydrogen) atoms. The summed E-state index contributed by atoms with van der Waals surface area (Å²) in [5, 5.41) is 3.25. The third kappa shape index (κ3) is 4.02. The summed E-state index contributed by atoms with van der Waals surface area (Å²) >= 11 is 0. The van der Waals surface area contributed by atoms with Crippen molar-refractivity contribution in [2.24, 2.45) is 5.73 Å². The fourth-order valence-corrected chi connectivity index (χ4v) is 1.98. The second-order valence-electron chi connectivity index (χ2n) is 5.28. The summed E-state index contributed by atoms with van der Waals surface area (Å²) in [5.74, 6) is 0.897. The number of hydrogen-bond acceptors (Lipinski definition) is 3. The van der Waals surface area contributed by atoms with Gasteiger partial charge in [-0.3, -0.25) is 0 Å². The Balaban J connectivity index is 2.86. The predicted molar refractivity (Wildman–Crippen MR) is 72.3 cm³/mol. The Labute approximate surface area is 104 Å². The number of hydrogen-bond donors (Lipinski definition) is 2. The molecule has 0 aliphatic carbocycles. The lowest BCUT2D eigenvalue weighted by Crippen LogP contribution is -2.45. The minimum Gasteiger partial charge on any atom is -0.491 e. The maximum atomic E-state index is 6.15. The Morgan fingerprint density at radius 1 is 1.18 bits per heavy atom. The smallest absolute Gasteiger partial charge is 0.119 e. The molecule has 3 heteroatoms. The zero-order valence-corrected chi connectivity index (χ0v) is 11.4. The number of ether oxygens (including phenoxy) is 1. The molecule has 0 aliphatic rings. The van der Waals surface area contributed by atoms with E-state index in [1.54, 1.807) is 0 Å². The summed E-state index contributed by atoms with van der Waals surface area (Å²) in [6, 6.07) is 8.24. The molecule has 0 spiro atoms.